The lowest BCUT2D eigenvalue weighted by Crippen LogP contribution is -2.35. The molecule has 1 heterocycles. The third-order valence-electron chi connectivity index (χ3n) is 3.36. The maximum absolute atomic E-state index is 11.1. The normalized spacial score (nSPS) is 20.8. The van der Waals surface area contributed by atoms with Crippen LogP contribution in [-0.4, -0.2) is 25.0 Å². The zero-order valence-corrected chi connectivity index (χ0v) is 11.0. The van der Waals surface area contributed by atoms with Gasteiger partial charge in [0.05, 0.1) is 0 Å². The van der Waals surface area contributed by atoms with Crippen LogP contribution in [0.2, 0.25) is 0 Å². The highest BCUT2D eigenvalue weighted by atomic mass is 16.1. The molecule has 0 radical (unpaired) electrons. The van der Waals surface area contributed by atoms with Crippen molar-refractivity contribution in [3.63, 3.8) is 0 Å². The molecular formula is C14H21N3O. The molecular weight excluding hydrogens is 226 g/mol. The molecule has 1 aliphatic heterocycles. The van der Waals surface area contributed by atoms with E-state index in [0.29, 0.717) is 0 Å². The molecule has 98 valence electrons. The van der Waals surface area contributed by atoms with Crippen LogP contribution >= 0.6 is 0 Å². The Bertz CT molecular complexity index is 431. The largest absolute Gasteiger partial charge is 0.369 e. The van der Waals surface area contributed by atoms with Gasteiger partial charge in [0.15, 0.2) is 0 Å². The van der Waals surface area contributed by atoms with E-state index in [-0.39, 0.29) is 18.0 Å². The Balaban J connectivity index is 2.12. The fourth-order valence-corrected chi connectivity index (χ4v) is 2.54. The molecule has 1 saturated heterocycles. The van der Waals surface area contributed by atoms with Gasteiger partial charge < -0.3 is 16.0 Å². The van der Waals surface area contributed by atoms with Gasteiger partial charge >= 0.3 is 0 Å². The number of anilines is 1. The quantitative estimate of drug-likeness (QED) is 0.849. The second kappa shape index (κ2) is 5.40. The summed E-state index contributed by atoms with van der Waals surface area (Å²) in [6.07, 6.45) is 0.993. The molecule has 3 N–H and O–H groups in total. The summed E-state index contributed by atoms with van der Waals surface area (Å²) in [4.78, 5) is 13.4. The number of hydrogen-bond donors (Lipinski definition) is 2. The minimum Gasteiger partial charge on any atom is -0.369 e. The first-order valence-electron chi connectivity index (χ1n) is 6.44. The maximum atomic E-state index is 11.1. The van der Waals surface area contributed by atoms with E-state index in [9.17, 15) is 4.79 Å². The smallest absolute Gasteiger partial charge is 0.217 e. The molecule has 4 heteroatoms. The van der Waals surface area contributed by atoms with Gasteiger partial charge in [0.1, 0.15) is 0 Å². The highest BCUT2D eigenvalue weighted by Gasteiger charge is 2.24. The first kappa shape index (κ1) is 12.9. The van der Waals surface area contributed by atoms with Crippen LogP contribution in [0, 0.1) is 0 Å². The number of nitrogens with one attached hydrogen (secondary N) is 1. The van der Waals surface area contributed by atoms with E-state index in [0.717, 1.165) is 19.5 Å². The van der Waals surface area contributed by atoms with Gasteiger partial charge in [0.25, 0.3) is 0 Å². The van der Waals surface area contributed by atoms with Gasteiger partial charge in [-0.3, -0.25) is 4.79 Å². The van der Waals surface area contributed by atoms with E-state index >= 15 is 0 Å². The Morgan fingerprint density at radius 2 is 2.22 bits per heavy atom. The van der Waals surface area contributed by atoms with Gasteiger partial charge in [0.2, 0.25) is 5.91 Å². The summed E-state index contributed by atoms with van der Waals surface area (Å²) < 4.78 is 0. The SMILES string of the molecule is CC(=O)NC1CCN(c2ccccc2C(C)N)C1. The zero-order valence-electron chi connectivity index (χ0n) is 11.0. The van der Waals surface area contributed by atoms with Crippen LogP contribution in [0.3, 0.4) is 0 Å². The van der Waals surface area contributed by atoms with Crippen LogP contribution in [0.5, 0.6) is 0 Å². The van der Waals surface area contributed by atoms with Gasteiger partial charge in [-0.25, -0.2) is 0 Å². The van der Waals surface area contributed by atoms with E-state index in [1.807, 2.05) is 19.1 Å². The molecule has 0 spiro atoms. The fraction of sp³-hybridized carbons (Fsp3) is 0.500. The molecule has 0 saturated carbocycles. The Labute approximate surface area is 108 Å². The van der Waals surface area contributed by atoms with Crippen molar-refractivity contribution >= 4 is 11.6 Å². The van der Waals surface area contributed by atoms with E-state index < -0.39 is 0 Å². The second-order valence-electron chi connectivity index (χ2n) is 4.98. The summed E-state index contributed by atoms with van der Waals surface area (Å²) in [7, 11) is 0. The fourth-order valence-electron chi connectivity index (χ4n) is 2.54. The number of rotatable bonds is 3. The van der Waals surface area contributed by atoms with Gasteiger partial charge in [-0.05, 0) is 25.0 Å². The molecule has 0 bridgehead atoms. The van der Waals surface area contributed by atoms with E-state index in [4.69, 9.17) is 5.73 Å². The average Bonchev–Trinajstić information content (AvgIpc) is 2.76. The summed E-state index contributed by atoms with van der Waals surface area (Å²) in [5.74, 6) is 0.0438. The number of nitrogens with two attached hydrogens (primary N) is 1. The molecule has 1 aliphatic rings. The predicted octanol–water partition coefficient (Wildman–Crippen LogP) is 1.42. The van der Waals surface area contributed by atoms with Crippen molar-refractivity contribution in [3.8, 4) is 0 Å². The van der Waals surface area contributed by atoms with E-state index in [2.05, 4.69) is 22.3 Å². The molecule has 2 unspecified atom stereocenters. The van der Waals surface area contributed by atoms with Crippen LogP contribution in [-0.2, 0) is 4.79 Å². The highest BCUT2D eigenvalue weighted by Crippen LogP contribution is 2.27. The summed E-state index contributed by atoms with van der Waals surface area (Å²) in [5.41, 5.74) is 8.36. The first-order chi connectivity index (χ1) is 8.58. The molecule has 1 fully saturated rings. The molecule has 2 rings (SSSR count). The van der Waals surface area contributed by atoms with Crippen molar-refractivity contribution in [2.75, 3.05) is 18.0 Å². The molecule has 1 amide bonds. The first-order valence-corrected chi connectivity index (χ1v) is 6.44. The van der Waals surface area contributed by atoms with Crippen molar-refractivity contribution in [1.29, 1.82) is 0 Å². The molecule has 18 heavy (non-hydrogen) atoms. The second-order valence-corrected chi connectivity index (χ2v) is 4.98. The average molecular weight is 247 g/mol. The number of benzene rings is 1. The predicted molar refractivity (Wildman–Crippen MR) is 73.5 cm³/mol. The highest BCUT2D eigenvalue weighted by molar-refractivity contribution is 5.73. The van der Waals surface area contributed by atoms with Gasteiger partial charge in [-0.1, -0.05) is 18.2 Å². The molecule has 0 aromatic heterocycles. The third-order valence-corrected chi connectivity index (χ3v) is 3.36. The molecule has 1 aromatic carbocycles. The summed E-state index contributed by atoms with van der Waals surface area (Å²) in [5, 5.41) is 2.98. The maximum Gasteiger partial charge on any atom is 0.217 e. The van der Waals surface area contributed by atoms with Crippen LogP contribution < -0.4 is 16.0 Å². The van der Waals surface area contributed by atoms with Crippen LogP contribution in [0.15, 0.2) is 24.3 Å². The molecule has 1 aromatic rings. The number of amides is 1. The Kier molecular flexibility index (Phi) is 3.87. The van der Waals surface area contributed by atoms with Crippen molar-refractivity contribution in [2.24, 2.45) is 5.73 Å². The van der Waals surface area contributed by atoms with Crippen molar-refractivity contribution in [1.82, 2.24) is 5.32 Å². The standard InChI is InChI=1S/C14H21N3O/c1-10(15)13-5-3-4-6-14(13)17-8-7-12(9-17)16-11(2)18/h3-6,10,12H,7-9,15H2,1-2H3,(H,16,18). The summed E-state index contributed by atoms with van der Waals surface area (Å²) in [6, 6.07) is 8.52. The summed E-state index contributed by atoms with van der Waals surface area (Å²) in [6.45, 7) is 5.40. The number of hydrogen-bond acceptors (Lipinski definition) is 3. The van der Waals surface area contributed by atoms with Gasteiger partial charge in [-0.15, -0.1) is 0 Å². The lowest BCUT2D eigenvalue weighted by Gasteiger charge is -2.23. The Hall–Kier alpha value is -1.55. The van der Waals surface area contributed by atoms with Crippen LogP contribution in [0.1, 0.15) is 31.9 Å². The van der Waals surface area contributed by atoms with Crippen LogP contribution in [0.4, 0.5) is 5.69 Å². The number of carbonyl (C=O) groups is 1. The van der Waals surface area contributed by atoms with Crippen molar-refractivity contribution in [3.05, 3.63) is 29.8 Å². The minimum absolute atomic E-state index is 0.0287. The van der Waals surface area contributed by atoms with E-state index in [1.54, 1.807) is 6.92 Å². The monoisotopic (exact) mass is 247 g/mol. The summed E-state index contributed by atoms with van der Waals surface area (Å²) >= 11 is 0. The Morgan fingerprint density at radius 3 is 2.89 bits per heavy atom. The van der Waals surface area contributed by atoms with Gasteiger partial charge in [-0.2, -0.15) is 0 Å². The topological polar surface area (TPSA) is 58.4 Å². The van der Waals surface area contributed by atoms with Crippen LogP contribution in [0.25, 0.3) is 0 Å². The minimum atomic E-state index is 0.0287. The zero-order chi connectivity index (χ0) is 13.1. The molecule has 0 aliphatic carbocycles. The van der Waals surface area contributed by atoms with Gasteiger partial charge in [0, 0.05) is 37.8 Å². The lowest BCUT2D eigenvalue weighted by molar-refractivity contribution is -0.119. The number of nitrogens with zero attached hydrogens (tertiary/aromatic N) is 1. The molecule has 4 nitrogen and oxygen atoms in total. The Morgan fingerprint density at radius 1 is 1.50 bits per heavy atom. The number of carbonyl (C=O) groups excluding carboxylic acids is 1. The number of para-hydroxylation sites is 1. The van der Waals surface area contributed by atoms with Crippen molar-refractivity contribution < 1.29 is 4.79 Å². The molecule has 2 atom stereocenters. The van der Waals surface area contributed by atoms with Crippen molar-refractivity contribution in [2.45, 2.75) is 32.4 Å². The van der Waals surface area contributed by atoms with E-state index in [1.165, 1.54) is 11.3 Å². The third kappa shape index (κ3) is 2.82. The lowest BCUT2D eigenvalue weighted by atomic mass is 10.1.